The van der Waals surface area contributed by atoms with Crippen molar-refractivity contribution in [2.75, 3.05) is 0 Å². The maximum absolute atomic E-state index is 14.3. The molecule has 0 saturated heterocycles. The van der Waals surface area contributed by atoms with Crippen LogP contribution < -0.4 is 10.6 Å². The summed E-state index contributed by atoms with van der Waals surface area (Å²) in [6, 6.07) is 10.6. The van der Waals surface area contributed by atoms with Crippen molar-refractivity contribution in [2.24, 2.45) is 5.92 Å². The van der Waals surface area contributed by atoms with Crippen LogP contribution in [0, 0.1) is 17.2 Å². The number of aromatic amines is 1. The molecule has 192 valence electrons. The number of amides is 1. The second-order valence-electron chi connectivity index (χ2n) is 10.0. The Hall–Kier alpha value is -3.84. The summed E-state index contributed by atoms with van der Waals surface area (Å²) in [6.45, 7) is 3.67. The zero-order chi connectivity index (χ0) is 26.4. The van der Waals surface area contributed by atoms with E-state index in [1.807, 2.05) is 32.0 Å². The zero-order valence-corrected chi connectivity index (χ0v) is 20.3. The van der Waals surface area contributed by atoms with Crippen molar-refractivity contribution < 1.29 is 22.4 Å². The quantitative estimate of drug-likeness (QED) is 0.280. The van der Waals surface area contributed by atoms with E-state index in [0.29, 0.717) is 29.4 Å². The van der Waals surface area contributed by atoms with Crippen molar-refractivity contribution in [1.82, 2.24) is 20.8 Å². The predicted molar refractivity (Wildman–Crippen MR) is 132 cm³/mol. The van der Waals surface area contributed by atoms with E-state index >= 15 is 0 Å². The lowest BCUT2D eigenvalue weighted by molar-refractivity contribution is -0.161. The molecule has 0 bridgehead atoms. The molecule has 0 radical (unpaired) electrons. The summed E-state index contributed by atoms with van der Waals surface area (Å²) in [7, 11) is 0. The molecule has 1 fully saturated rings. The van der Waals surface area contributed by atoms with E-state index in [9.17, 15) is 23.2 Å². The molecule has 0 aliphatic heterocycles. The van der Waals surface area contributed by atoms with Crippen molar-refractivity contribution in [3.8, 4) is 17.3 Å². The van der Waals surface area contributed by atoms with Gasteiger partial charge in [0.25, 0.3) is 0 Å². The van der Waals surface area contributed by atoms with E-state index in [0.717, 1.165) is 16.6 Å². The van der Waals surface area contributed by atoms with Gasteiger partial charge in [0.15, 0.2) is 0 Å². The number of benzene rings is 2. The minimum absolute atomic E-state index is 0.0451. The van der Waals surface area contributed by atoms with Gasteiger partial charge in [0.2, 0.25) is 5.91 Å². The topological polar surface area (TPSA) is 107 Å². The number of halogens is 3. The Balaban J connectivity index is 1.48. The number of hydrogen-bond acceptors (Lipinski definition) is 5. The van der Waals surface area contributed by atoms with Crippen LogP contribution in [0.2, 0.25) is 0 Å². The molecule has 2 aromatic heterocycles. The van der Waals surface area contributed by atoms with Gasteiger partial charge in [-0.15, -0.1) is 0 Å². The lowest BCUT2D eigenvalue weighted by atomic mass is 9.98. The maximum Gasteiger partial charge on any atom is 0.407 e. The largest absolute Gasteiger partial charge is 0.456 e. The molecule has 2 heterocycles. The van der Waals surface area contributed by atoms with Crippen LogP contribution in [-0.2, 0) is 4.79 Å². The minimum Gasteiger partial charge on any atom is -0.456 e. The fraction of sp³-hybridized carbons (Fsp3) is 0.370. The molecule has 1 amide bonds. The van der Waals surface area contributed by atoms with Crippen molar-refractivity contribution in [1.29, 1.82) is 5.26 Å². The SMILES string of the molecule is CC(C)CC(NC(c1ccc2c(c1)oc1ccc(-c3ccn[nH]3)cc12)C(F)(F)F)C(=O)NC1(C#N)CC1. The van der Waals surface area contributed by atoms with Crippen LogP contribution >= 0.6 is 0 Å². The van der Waals surface area contributed by atoms with Crippen LogP contribution in [-0.4, -0.2) is 33.9 Å². The highest BCUT2D eigenvalue weighted by molar-refractivity contribution is 6.06. The number of fused-ring (bicyclic) bond motifs is 3. The molecule has 2 aromatic carbocycles. The first-order chi connectivity index (χ1) is 17.6. The van der Waals surface area contributed by atoms with E-state index in [1.54, 1.807) is 18.3 Å². The summed E-state index contributed by atoms with van der Waals surface area (Å²) in [4.78, 5) is 12.9. The van der Waals surface area contributed by atoms with Crippen molar-refractivity contribution in [3.05, 3.63) is 54.2 Å². The van der Waals surface area contributed by atoms with Crippen molar-refractivity contribution >= 4 is 27.8 Å². The van der Waals surface area contributed by atoms with Crippen LogP contribution in [0.5, 0.6) is 0 Å². The first kappa shape index (κ1) is 24.8. The first-order valence-electron chi connectivity index (χ1n) is 12.1. The van der Waals surface area contributed by atoms with Gasteiger partial charge >= 0.3 is 6.18 Å². The number of nitriles is 1. The number of hydrogen-bond donors (Lipinski definition) is 3. The van der Waals surface area contributed by atoms with Gasteiger partial charge < -0.3 is 9.73 Å². The average Bonchev–Trinajstić information content (AvgIpc) is 3.25. The Labute approximate surface area is 211 Å². The van der Waals surface area contributed by atoms with Gasteiger partial charge in [-0.25, -0.2) is 0 Å². The summed E-state index contributed by atoms with van der Waals surface area (Å²) in [5.41, 5.74) is 1.53. The molecule has 0 spiro atoms. The van der Waals surface area contributed by atoms with Gasteiger partial charge in [-0.3, -0.25) is 15.2 Å². The van der Waals surface area contributed by atoms with Crippen LogP contribution in [0.4, 0.5) is 13.2 Å². The number of rotatable bonds is 8. The smallest absolute Gasteiger partial charge is 0.407 e. The Bertz CT molecular complexity index is 1480. The normalized spacial score (nSPS) is 16.6. The number of nitrogens with zero attached hydrogens (tertiary/aromatic N) is 2. The monoisotopic (exact) mass is 509 g/mol. The predicted octanol–water partition coefficient (Wildman–Crippen LogP) is 5.76. The molecule has 37 heavy (non-hydrogen) atoms. The standard InChI is InChI=1S/C27H26F3N5O2/c1-15(2)11-21(25(36)34-26(14-31)8-9-26)33-24(27(28,29)30)17-3-5-18-19-12-16(20-7-10-32-35-20)4-6-22(19)37-23(18)13-17/h3-7,10,12-13,15,21,24,33H,8-9,11H2,1-2H3,(H,32,35)(H,34,36). The molecule has 5 rings (SSSR count). The Morgan fingerprint density at radius 3 is 2.57 bits per heavy atom. The maximum atomic E-state index is 14.3. The van der Waals surface area contributed by atoms with E-state index in [2.05, 4.69) is 26.9 Å². The Morgan fingerprint density at radius 1 is 1.16 bits per heavy atom. The van der Waals surface area contributed by atoms with Crippen LogP contribution in [0.25, 0.3) is 33.2 Å². The fourth-order valence-corrected chi connectivity index (χ4v) is 4.57. The molecule has 1 aliphatic carbocycles. The molecule has 3 N–H and O–H groups in total. The summed E-state index contributed by atoms with van der Waals surface area (Å²) >= 11 is 0. The number of aromatic nitrogens is 2. The van der Waals surface area contributed by atoms with Crippen LogP contribution in [0.3, 0.4) is 0 Å². The average molecular weight is 510 g/mol. The van der Waals surface area contributed by atoms with Gasteiger partial charge in [0.1, 0.15) is 22.7 Å². The number of H-pyrrole nitrogens is 1. The molecule has 2 unspecified atom stereocenters. The molecule has 10 heteroatoms. The molecule has 2 atom stereocenters. The lowest BCUT2D eigenvalue weighted by Crippen LogP contribution is -2.52. The third kappa shape index (κ3) is 5.04. The number of carbonyl (C=O) groups excluding carboxylic acids is 1. The third-order valence-electron chi connectivity index (χ3n) is 6.69. The highest BCUT2D eigenvalue weighted by Gasteiger charge is 2.47. The van der Waals surface area contributed by atoms with Crippen molar-refractivity contribution in [2.45, 2.75) is 56.9 Å². The van der Waals surface area contributed by atoms with Crippen molar-refractivity contribution in [3.63, 3.8) is 0 Å². The molecule has 1 saturated carbocycles. The fourth-order valence-electron chi connectivity index (χ4n) is 4.57. The number of alkyl halides is 3. The molecular formula is C27H26F3N5O2. The zero-order valence-electron chi connectivity index (χ0n) is 20.3. The Morgan fingerprint density at radius 2 is 1.95 bits per heavy atom. The molecule has 1 aliphatic rings. The number of furan rings is 1. The van der Waals surface area contributed by atoms with Gasteiger partial charge in [-0.1, -0.05) is 26.0 Å². The number of carbonyl (C=O) groups is 1. The summed E-state index contributed by atoms with van der Waals surface area (Å²) in [6.07, 6.45) is -1.85. The molecular weight excluding hydrogens is 483 g/mol. The van der Waals surface area contributed by atoms with E-state index < -0.39 is 29.7 Å². The van der Waals surface area contributed by atoms with Crippen LogP contribution in [0.15, 0.2) is 53.1 Å². The first-order valence-corrected chi connectivity index (χ1v) is 12.1. The van der Waals surface area contributed by atoms with E-state index in [1.165, 1.54) is 12.1 Å². The third-order valence-corrected chi connectivity index (χ3v) is 6.69. The van der Waals surface area contributed by atoms with Gasteiger partial charge in [-0.2, -0.15) is 23.5 Å². The van der Waals surface area contributed by atoms with E-state index in [-0.39, 0.29) is 17.9 Å². The minimum atomic E-state index is -4.67. The highest BCUT2D eigenvalue weighted by atomic mass is 19.4. The summed E-state index contributed by atoms with van der Waals surface area (Å²) in [5.74, 6) is -0.644. The van der Waals surface area contributed by atoms with E-state index in [4.69, 9.17) is 4.42 Å². The Kier molecular flexibility index (Phi) is 6.20. The van der Waals surface area contributed by atoms with Gasteiger partial charge in [0, 0.05) is 22.5 Å². The van der Waals surface area contributed by atoms with Gasteiger partial charge in [0.05, 0.1) is 17.8 Å². The van der Waals surface area contributed by atoms with Gasteiger partial charge in [-0.05, 0) is 61.1 Å². The second kappa shape index (κ2) is 9.23. The van der Waals surface area contributed by atoms with Crippen LogP contribution in [0.1, 0.15) is 44.7 Å². The highest BCUT2D eigenvalue weighted by Crippen LogP contribution is 2.38. The molecule has 7 nitrogen and oxygen atoms in total. The summed E-state index contributed by atoms with van der Waals surface area (Å²) < 4.78 is 48.8. The lowest BCUT2D eigenvalue weighted by Gasteiger charge is -2.29. The molecule has 4 aromatic rings. The summed E-state index contributed by atoms with van der Waals surface area (Å²) in [5, 5.41) is 22.8. The number of nitrogens with one attached hydrogen (secondary N) is 3. The second-order valence-corrected chi connectivity index (χ2v) is 10.0.